The fraction of sp³-hybridized carbons (Fsp3) is 0.286. The van der Waals surface area contributed by atoms with E-state index < -0.39 is 6.04 Å². The molecule has 0 unspecified atom stereocenters. The summed E-state index contributed by atoms with van der Waals surface area (Å²) in [4.78, 5) is 29.3. The van der Waals surface area contributed by atoms with Crippen LogP contribution in [0, 0.1) is 6.92 Å². The highest BCUT2D eigenvalue weighted by atomic mass is 16.5. The average molecular weight is 397 g/mol. The number of nitrogens with one attached hydrogen (secondary N) is 2. The first-order valence-corrected chi connectivity index (χ1v) is 9.01. The van der Waals surface area contributed by atoms with Crippen molar-refractivity contribution in [1.29, 1.82) is 0 Å². The lowest BCUT2D eigenvalue weighted by Gasteiger charge is -2.24. The van der Waals surface area contributed by atoms with Gasteiger partial charge in [-0.3, -0.25) is 20.2 Å². The molecule has 152 valence electrons. The predicted molar refractivity (Wildman–Crippen MR) is 108 cm³/mol. The minimum Gasteiger partial charge on any atom is -0.493 e. The van der Waals surface area contributed by atoms with Crippen molar-refractivity contribution in [2.75, 3.05) is 21.3 Å². The topological polar surface area (TPSA) is 98.3 Å². The molecule has 8 heteroatoms. The Morgan fingerprint density at radius 1 is 1.10 bits per heavy atom. The highest BCUT2D eigenvalue weighted by molar-refractivity contribution is 6.10. The zero-order valence-electron chi connectivity index (χ0n) is 16.7. The largest absolute Gasteiger partial charge is 0.493 e. The number of hydrogen-bond donors (Lipinski definition) is 2. The first-order chi connectivity index (χ1) is 14.0. The van der Waals surface area contributed by atoms with E-state index in [0.29, 0.717) is 28.4 Å². The summed E-state index contributed by atoms with van der Waals surface area (Å²) in [5, 5.41) is 5.27. The van der Waals surface area contributed by atoms with Crippen LogP contribution in [0.5, 0.6) is 17.2 Å². The molecule has 29 heavy (non-hydrogen) atoms. The first-order valence-electron chi connectivity index (χ1n) is 9.01. The maximum absolute atomic E-state index is 12.5. The van der Waals surface area contributed by atoms with Gasteiger partial charge in [-0.15, -0.1) is 0 Å². The Kier molecular flexibility index (Phi) is 6.01. The maximum Gasteiger partial charge on any atom is 0.257 e. The number of aryl methyl sites for hydroxylation is 1. The molecule has 0 bridgehead atoms. The van der Waals surface area contributed by atoms with Gasteiger partial charge >= 0.3 is 0 Å². The number of ether oxygens (including phenoxy) is 3. The maximum atomic E-state index is 12.5. The van der Waals surface area contributed by atoms with Gasteiger partial charge in [-0.2, -0.15) is 0 Å². The van der Waals surface area contributed by atoms with E-state index in [0.717, 1.165) is 5.56 Å². The summed E-state index contributed by atoms with van der Waals surface area (Å²) >= 11 is 0. The third-order valence-electron chi connectivity index (χ3n) is 4.53. The summed E-state index contributed by atoms with van der Waals surface area (Å²) < 4.78 is 16.2. The van der Waals surface area contributed by atoms with Gasteiger partial charge in [0, 0.05) is 11.1 Å². The van der Waals surface area contributed by atoms with Crippen molar-refractivity contribution in [2.45, 2.75) is 19.4 Å². The quantitative estimate of drug-likeness (QED) is 0.807. The zero-order chi connectivity index (χ0) is 21.0. The van der Waals surface area contributed by atoms with Crippen LogP contribution in [0.25, 0.3) is 0 Å². The van der Waals surface area contributed by atoms with Crippen LogP contribution in [0.3, 0.4) is 0 Å². The Morgan fingerprint density at radius 2 is 1.86 bits per heavy atom. The fourth-order valence-corrected chi connectivity index (χ4v) is 3.19. The lowest BCUT2D eigenvalue weighted by molar-refractivity contribution is -0.120. The van der Waals surface area contributed by atoms with Crippen LogP contribution in [0.1, 0.15) is 33.9 Å². The van der Waals surface area contributed by atoms with Gasteiger partial charge in [-0.25, -0.2) is 4.99 Å². The van der Waals surface area contributed by atoms with Crippen LogP contribution >= 0.6 is 0 Å². The number of benzene rings is 2. The monoisotopic (exact) mass is 397 g/mol. The summed E-state index contributed by atoms with van der Waals surface area (Å²) in [6.07, 6.45) is 0.107. The van der Waals surface area contributed by atoms with Crippen LogP contribution in [0.2, 0.25) is 0 Å². The molecule has 2 N–H and O–H groups in total. The Hall–Kier alpha value is -3.55. The SMILES string of the molecule is COc1ccc([C@H]2CC(=O)NC(NC(=O)c3cccc(C)c3)=N2)c(OC)c1OC. The molecular weight excluding hydrogens is 374 g/mol. The van der Waals surface area contributed by atoms with Crippen molar-refractivity contribution >= 4 is 17.8 Å². The molecule has 1 heterocycles. The number of aliphatic imine (C=N–C) groups is 1. The second kappa shape index (κ2) is 8.64. The number of hydrogen-bond acceptors (Lipinski definition) is 6. The molecule has 1 aliphatic rings. The number of methoxy groups -OCH3 is 3. The van der Waals surface area contributed by atoms with E-state index in [-0.39, 0.29) is 24.2 Å². The minimum atomic E-state index is -0.550. The number of carbonyl (C=O) groups is 2. The highest BCUT2D eigenvalue weighted by Gasteiger charge is 2.28. The molecule has 8 nitrogen and oxygen atoms in total. The Morgan fingerprint density at radius 3 is 2.52 bits per heavy atom. The van der Waals surface area contributed by atoms with Crippen LogP contribution in [-0.4, -0.2) is 39.1 Å². The molecule has 2 aromatic rings. The van der Waals surface area contributed by atoms with E-state index in [2.05, 4.69) is 15.6 Å². The smallest absolute Gasteiger partial charge is 0.257 e. The molecule has 0 radical (unpaired) electrons. The highest BCUT2D eigenvalue weighted by Crippen LogP contribution is 2.43. The van der Waals surface area contributed by atoms with Crippen molar-refractivity contribution in [3.8, 4) is 17.2 Å². The van der Waals surface area contributed by atoms with E-state index in [4.69, 9.17) is 14.2 Å². The molecule has 1 atom stereocenters. The van der Waals surface area contributed by atoms with Gasteiger partial charge in [0.05, 0.1) is 33.8 Å². The van der Waals surface area contributed by atoms with Crippen molar-refractivity contribution < 1.29 is 23.8 Å². The van der Waals surface area contributed by atoms with E-state index in [9.17, 15) is 9.59 Å². The van der Waals surface area contributed by atoms with Crippen LogP contribution in [-0.2, 0) is 4.79 Å². The third kappa shape index (κ3) is 4.31. The second-order valence-electron chi connectivity index (χ2n) is 6.49. The summed E-state index contributed by atoms with van der Waals surface area (Å²) in [5.41, 5.74) is 2.09. The third-order valence-corrected chi connectivity index (χ3v) is 4.53. The predicted octanol–water partition coefficient (Wildman–Crippen LogP) is 2.37. The summed E-state index contributed by atoms with van der Waals surface area (Å²) in [5.74, 6) is 0.827. The van der Waals surface area contributed by atoms with Crippen molar-refractivity contribution in [3.05, 3.63) is 53.1 Å². The Bertz CT molecular complexity index is 971. The molecule has 0 fully saturated rings. The van der Waals surface area contributed by atoms with Gasteiger partial charge in [0.25, 0.3) is 5.91 Å². The number of rotatable bonds is 5. The number of nitrogens with zero attached hydrogens (tertiary/aromatic N) is 1. The van der Waals surface area contributed by atoms with Crippen molar-refractivity contribution in [3.63, 3.8) is 0 Å². The van der Waals surface area contributed by atoms with Gasteiger partial charge in [0.2, 0.25) is 17.6 Å². The van der Waals surface area contributed by atoms with Crippen molar-refractivity contribution in [2.24, 2.45) is 4.99 Å². The van der Waals surface area contributed by atoms with Crippen LogP contribution in [0.15, 0.2) is 41.4 Å². The molecule has 3 rings (SSSR count). The molecule has 1 aliphatic heterocycles. The standard InChI is InChI=1S/C21H23N3O5/c1-12-6-5-7-13(10-12)20(26)24-21-22-15(11-17(25)23-21)14-8-9-16(27-2)19(29-4)18(14)28-3/h5-10,15H,11H2,1-4H3,(H2,22,23,24,25,26)/t15-/m1/s1. The molecular formula is C21H23N3O5. The molecule has 0 aromatic heterocycles. The number of guanidine groups is 1. The van der Waals surface area contributed by atoms with E-state index in [1.54, 1.807) is 30.3 Å². The minimum absolute atomic E-state index is 0.0922. The number of amides is 2. The molecule has 2 amide bonds. The van der Waals surface area contributed by atoms with E-state index in [1.807, 2.05) is 13.0 Å². The Balaban J connectivity index is 1.92. The Labute approximate surface area is 168 Å². The number of carbonyl (C=O) groups excluding carboxylic acids is 2. The van der Waals surface area contributed by atoms with Gasteiger partial charge in [-0.1, -0.05) is 17.7 Å². The van der Waals surface area contributed by atoms with E-state index in [1.165, 1.54) is 21.3 Å². The van der Waals surface area contributed by atoms with Gasteiger partial charge < -0.3 is 14.2 Å². The zero-order valence-corrected chi connectivity index (χ0v) is 16.7. The molecule has 2 aromatic carbocycles. The lowest BCUT2D eigenvalue weighted by atomic mass is 10.0. The molecule has 0 saturated heterocycles. The molecule has 0 saturated carbocycles. The normalized spacial score (nSPS) is 15.8. The van der Waals surface area contributed by atoms with Crippen LogP contribution < -0.4 is 24.8 Å². The molecule has 0 spiro atoms. The van der Waals surface area contributed by atoms with Crippen LogP contribution in [0.4, 0.5) is 0 Å². The summed E-state index contributed by atoms with van der Waals surface area (Å²) in [6, 6.07) is 10.1. The summed E-state index contributed by atoms with van der Waals surface area (Å²) in [6.45, 7) is 1.90. The van der Waals surface area contributed by atoms with E-state index >= 15 is 0 Å². The molecule has 0 aliphatic carbocycles. The lowest BCUT2D eigenvalue weighted by Crippen LogP contribution is -2.47. The summed E-state index contributed by atoms with van der Waals surface area (Å²) in [7, 11) is 4.55. The second-order valence-corrected chi connectivity index (χ2v) is 6.49. The fourth-order valence-electron chi connectivity index (χ4n) is 3.19. The average Bonchev–Trinajstić information content (AvgIpc) is 2.71. The first kappa shape index (κ1) is 20.2. The van der Waals surface area contributed by atoms with Crippen molar-refractivity contribution in [1.82, 2.24) is 10.6 Å². The van der Waals surface area contributed by atoms with Gasteiger partial charge in [0.15, 0.2) is 11.5 Å². The van der Waals surface area contributed by atoms with Gasteiger partial charge in [-0.05, 0) is 31.2 Å². The van der Waals surface area contributed by atoms with Gasteiger partial charge in [0.1, 0.15) is 0 Å².